The predicted molar refractivity (Wildman–Crippen MR) is 61.3 cm³/mol. The van der Waals surface area contributed by atoms with Crippen molar-refractivity contribution in [1.82, 2.24) is 0 Å². The summed E-state index contributed by atoms with van der Waals surface area (Å²) in [6.07, 6.45) is 0. The van der Waals surface area contributed by atoms with Crippen LogP contribution in [-0.4, -0.2) is 7.85 Å². The summed E-state index contributed by atoms with van der Waals surface area (Å²) in [5, 5.41) is 2.36. The molecular weight excluding hydrogens is 175 g/mol. The molecule has 0 saturated heterocycles. The zero-order chi connectivity index (χ0) is 9.42. The van der Waals surface area contributed by atoms with Gasteiger partial charge in [0.2, 0.25) is 0 Å². The summed E-state index contributed by atoms with van der Waals surface area (Å²) in [6, 6.07) is 10.1. The Morgan fingerprint density at radius 3 is 2.62 bits per heavy atom. The Hall–Kier alpha value is -0.885. The van der Waals surface area contributed by atoms with E-state index in [2.05, 4.69) is 24.8 Å². The number of thiol groups is 1. The van der Waals surface area contributed by atoms with Gasteiger partial charge in [0.1, 0.15) is 7.85 Å². The maximum absolute atomic E-state index is 5.69. The molecule has 0 aromatic heterocycles. The predicted octanol–water partition coefficient (Wildman–Crippen LogP) is 2.23. The van der Waals surface area contributed by atoms with Crippen LogP contribution < -0.4 is 5.46 Å². The molecule has 0 amide bonds. The van der Waals surface area contributed by atoms with Gasteiger partial charge in [0.25, 0.3) is 0 Å². The van der Waals surface area contributed by atoms with Crippen LogP contribution in [0.25, 0.3) is 10.8 Å². The van der Waals surface area contributed by atoms with E-state index in [9.17, 15) is 0 Å². The summed E-state index contributed by atoms with van der Waals surface area (Å²) >= 11 is 4.37. The molecule has 0 saturated carbocycles. The minimum absolute atomic E-state index is 0.804. The van der Waals surface area contributed by atoms with E-state index in [1.54, 1.807) is 0 Å². The smallest absolute Gasteiger partial charge is 0.113 e. The van der Waals surface area contributed by atoms with Gasteiger partial charge in [-0.2, -0.15) is 0 Å². The van der Waals surface area contributed by atoms with E-state index in [4.69, 9.17) is 7.85 Å². The highest BCUT2D eigenvalue weighted by Crippen LogP contribution is 2.20. The Bertz CT molecular complexity index is 463. The minimum atomic E-state index is 0.804. The molecule has 2 heteroatoms. The number of hydrogen-bond donors (Lipinski definition) is 1. The first kappa shape index (κ1) is 8.70. The average molecular weight is 184 g/mol. The van der Waals surface area contributed by atoms with Crippen LogP contribution in [0.2, 0.25) is 0 Å². The van der Waals surface area contributed by atoms with E-state index < -0.39 is 0 Å². The quantitative estimate of drug-likeness (QED) is 0.471. The first-order valence-corrected chi connectivity index (χ1v) is 4.60. The van der Waals surface area contributed by atoms with Crippen molar-refractivity contribution in [2.24, 2.45) is 0 Å². The molecule has 13 heavy (non-hydrogen) atoms. The van der Waals surface area contributed by atoms with Crippen molar-refractivity contribution in [1.29, 1.82) is 0 Å². The molecule has 0 nitrogen and oxygen atoms in total. The van der Waals surface area contributed by atoms with Gasteiger partial charge in [0.05, 0.1) is 0 Å². The van der Waals surface area contributed by atoms with Crippen molar-refractivity contribution in [3.8, 4) is 0 Å². The Morgan fingerprint density at radius 2 is 1.85 bits per heavy atom. The molecule has 0 heterocycles. The van der Waals surface area contributed by atoms with Crippen LogP contribution >= 0.6 is 12.6 Å². The van der Waals surface area contributed by atoms with Gasteiger partial charge in [0.15, 0.2) is 0 Å². The lowest BCUT2D eigenvalue weighted by atomic mass is 9.93. The molecule has 0 N–H and O–H groups in total. The van der Waals surface area contributed by atoms with Gasteiger partial charge in [-0.1, -0.05) is 29.7 Å². The molecule has 2 aromatic carbocycles. The van der Waals surface area contributed by atoms with Gasteiger partial charge in [-0.05, 0) is 29.3 Å². The zero-order valence-electron chi connectivity index (χ0n) is 7.41. The summed E-state index contributed by atoms with van der Waals surface area (Å²) in [6.45, 7) is 2.05. The molecule has 62 valence electrons. The molecule has 2 radical (unpaired) electrons. The lowest BCUT2D eigenvalue weighted by molar-refractivity contribution is 1.34. The van der Waals surface area contributed by atoms with Crippen molar-refractivity contribution in [3.63, 3.8) is 0 Å². The van der Waals surface area contributed by atoms with E-state index in [1.165, 1.54) is 16.3 Å². The normalized spacial score (nSPS) is 10.6. The SMILES string of the molecule is [B]c1ccc2cc(S)c(C)cc2c1. The molecule has 0 aliphatic heterocycles. The van der Waals surface area contributed by atoms with Gasteiger partial charge in [0, 0.05) is 4.90 Å². The topological polar surface area (TPSA) is 0 Å². The first-order valence-electron chi connectivity index (χ1n) is 4.16. The second-order valence-electron chi connectivity index (χ2n) is 3.25. The van der Waals surface area contributed by atoms with Crippen molar-refractivity contribution in [2.75, 3.05) is 0 Å². The molecule has 2 rings (SSSR count). The Kier molecular flexibility index (Phi) is 2.08. The first-order chi connectivity index (χ1) is 6.16. The van der Waals surface area contributed by atoms with Crippen molar-refractivity contribution >= 4 is 36.7 Å². The van der Waals surface area contributed by atoms with Gasteiger partial charge < -0.3 is 0 Å². The zero-order valence-corrected chi connectivity index (χ0v) is 8.31. The van der Waals surface area contributed by atoms with Crippen LogP contribution in [0, 0.1) is 6.92 Å². The van der Waals surface area contributed by atoms with Crippen molar-refractivity contribution in [3.05, 3.63) is 35.9 Å². The number of fused-ring (bicyclic) bond motifs is 1. The number of hydrogen-bond acceptors (Lipinski definition) is 1. The van der Waals surface area contributed by atoms with Crippen LogP contribution in [0.3, 0.4) is 0 Å². The monoisotopic (exact) mass is 184 g/mol. The third-order valence-corrected chi connectivity index (χ3v) is 2.66. The van der Waals surface area contributed by atoms with Gasteiger partial charge in [-0.25, -0.2) is 0 Å². The lowest BCUT2D eigenvalue weighted by Crippen LogP contribution is -1.99. The van der Waals surface area contributed by atoms with Gasteiger partial charge in [-0.15, -0.1) is 12.6 Å². The van der Waals surface area contributed by atoms with Crippen LogP contribution in [0.4, 0.5) is 0 Å². The molecule has 0 fully saturated rings. The maximum Gasteiger partial charge on any atom is 0.113 e. The second kappa shape index (κ2) is 3.11. The highest BCUT2D eigenvalue weighted by atomic mass is 32.1. The van der Waals surface area contributed by atoms with E-state index in [1.807, 2.05) is 25.1 Å². The fraction of sp³-hybridized carbons (Fsp3) is 0.0909. The number of benzene rings is 2. The summed E-state index contributed by atoms with van der Waals surface area (Å²) in [5.74, 6) is 0. The Labute approximate surface area is 84.8 Å². The standard InChI is InChI=1S/C11H9BS/c1-7-4-9-5-10(12)3-2-8(9)6-11(7)13/h2-6,13H,1H3. The highest BCUT2D eigenvalue weighted by molar-refractivity contribution is 7.80. The van der Waals surface area contributed by atoms with Crippen molar-refractivity contribution < 1.29 is 0 Å². The number of rotatable bonds is 0. The van der Waals surface area contributed by atoms with Crippen LogP contribution in [-0.2, 0) is 0 Å². The summed E-state index contributed by atoms with van der Waals surface area (Å²) in [5.41, 5.74) is 1.99. The Balaban J connectivity index is 2.81. The summed E-state index contributed by atoms with van der Waals surface area (Å²) < 4.78 is 0. The van der Waals surface area contributed by atoms with E-state index >= 15 is 0 Å². The van der Waals surface area contributed by atoms with Crippen LogP contribution in [0.1, 0.15) is 5.56 Å². The molecule has 0 spiro atoms. The van der Waals surface area contributed by atoms with Gasteiger partial charge in [-0.3, -0.25) is 0 Å². The summed E-state index contributed by atoms with van der Waals surface area (Å²) in [4.78, 5) is 1.03. The minimum Gasteiger partial charge on any atom is -0.143 e. The van der Waals surface area contributed by atoms with E-state index in [0.717, 1.165) is 10.4 Å². The maximum atomic E-state index is 5.69. The molecule has 0 unspecified atom stereocenters. The summed E-state index contributed by atoms with van der Waals surface area (Å²) in [7, 11) is 5.69. The molecular formula is C11H9BS. The largest absolute Gasteiger partial charge is 0.143 e. The molecule has 0 atom stereocenters. The van der Waals surface area contributed by atoms with Crippen LogP contribution in [0.5, 0.6) is 0 Å². The van der Waals surface area contributed by atoms with E-state index in [0.29, 0.717) is 0 Å². The average Bonchev–Trinajstić information content (AvgIpc) is 2.08. The highest BCUT2D eigenvalue weighted by Gasteiger charge is 1.97. The molecule has 0 aliphatic rings. The third-order valence-electron chi connectivity index (χ3n) is 2.18. The van der Waals surface area contributed by atoms with E-state index in [-0.39, 0.29) is 0 Å². The second-order valence-corrected chi connectivity index (χ2v) is 3.73. The fourth-order valence-electron chi connectivity index (χ4n) is 1.42. The van der Waals surface area contributed by atoms with Crippen molar-refractivity contribution in [2.45, 2.75) is 11.8 Å². The van der Waals surface area contributed by atoms with Gasteiger partial charge >= 0.3 is 0 Å². The van der Waals surface area contributed by atoms with Crippen LogP contribution in [0.15, 0.2) is 35.2 Å². The molecule has 0 aliphatic carbocycles. The lowest BCUT2D eigenvalue weighted by Gasteiger charge is -2.03. The molecule has 0 bridgehead atoms. The number of aryl methyl sites for hydroxylation is 1. The fourth-order valence-corrected chi connectivity index (χ4v) is 1.62. The third kappa shape index (κ3) is 1.59. The Morgan fingerprint density at radius 1 is 1.08 bits per heavy atom. The molecule has 2 aromatic rings.